The molecule has 3 rings (SSSR count). The lowest BCUT2D eigenvalue weighted by Gasteiger charge is -2.35. The number of rotatable bonds is 5. The Bertz CT molecular complexity index is 785. The van der Waals surface area contributed by atoms with Crippen molar-refractivity contribution in [1.82, 2.24) is 15.1 Å². The average molecular weight is 464 g/mol. The summed E-state index contributed by atoms with van der Waals surface area (Å²) in [5.41, 5.74) is 7.08. The molecule has 1 saturated heterocycles. The Morgan fingerprint density at radius 3 is 2.53 bits per heavy atom. The minimum absolute atomic E-state index is 0.0377. The van der Waals surface area contributed by atoms with E-state index in [1.807, 2.05) is 11.9 Å². The highest BCUT2D eigenvalue weighted by molar-refractivity contribution is 6.32. The molecule has 32 heavy (non-hydrogen) atoms. The van der Waals surface area contributed by atoms with Crippen molar-refractivity contribution in [3.05, 3.63) is 23.2 Å². The molecule has 1 heterocycles. The van der Waals surface area contributed by atoms with Crippen LogP contribution in [0, 0.1) is 0 Å². The van der Waals surface area contributed by atoms with Gasteiger partial charge in [0.25, 0.3) is 0 Å². The van der Waals surface area contributed by atoms with Crippen LogP contribution in [0.3, 0.4) is 0 Å². The van der Waals surface area contributed by atoms with Gasteiger partial charge in [0.2, 0.25) is 5.96 Å². The number of piperidine rings is 1. The molecule has 5 N–H and O–H groups in total. The Kier molecular flexibility index (Phi) is 9.44. The van der Waals surface area contributed by atoms with E-state index in [1.165, 1.54) is 38.5 Å². The van der Waals surface area contributed by atoms with Crippen LogP contribution in [0.5, 0.6) is 5.75 Å². The molecule has 1 aromatic rings. The number of hydrogen-bond donors (Lipinski definition) is 4. The van der Waals surface area contributed by atoms with Gasteiger partial charge in [0.1, 0.15) is 5.75 Å². The molecule has 0 aromatic heterocycles. The van der Waals surface area contributed by atoms with Crippen LogP contribution < -0.4 is 16.4 Å². The second-order valence-corrected chi connectivity index (χ2v) is 9.35. The summed E-state index contributed by atoms with van der Waals surface area (Å²) >= 11 is 6.07. The first kappa shape index (κ1) is 24.6. The molecular formula is C23H38ClN7O. The molecule has 1 aliphatic heterocycles. The minimum Gasteiger partial charge on any atom is -0.506 e. The summed E-state index contributed by atoms with van der Waals surface area (Å²) in [5, 5.41) is 16.7. The first-order valence-corrected chi connectivity index (χ1v) is 12.1. The van der Waals surface area contributed by atoms with Gasteiger partial charge in [-0.1, -0.05) is 37.3 Å². The van der Waals surface area contributed by atoms with Crippen molar-refractivity contribution in [2.75, 3.05) is 39.2 Å². The van der Waals surface area contributed by atoms with Gasteiger partial charge in [-0.2, -0.15) is 4.99 Å². The molecule has 0 unspecified atom stereocenters. The van der Waals surface area contributed by atoms with E-state index in [4.69, 9.17) is 17.3 Å². The summed E-state index contributed by atoms with van der Waals surface area (Å²) < 4.78 is 0. The molecule has 2 fully saturated rings. The first-order chi connectivity index (χ1) is 15.4. The SMILES string of the molecule is CN1CCC(N(C)/C(N)=N/C(=N\CNC2CCCCCC2)Nc2ccc(O)c(Cl)c2)CC1. The Balaban J connectivity index is 1.70. The lowest BCUT2D eigenvalue weighted by atomic mass is 10.0. The zero-order valence-corrected chi connectivity index (χ0v) is 20.1. The van der Waals surface area contributed by atoms with Crippen LogP contribution in [0.25, 0.3) is 0 Å². The van der Waals surface area contributed by atoms with Crippen LogP contribution in [0.1, 0.15) is 51.4 Å². The maximum atomic E-state index is 9.71. The number of halogens is 1. The molecule has 1 saturated carbocycles. The predicted molar refractivity (Wildman–Crippen MR) is 134 cm³/mol. The Hall–Kier alpha value is -2.03. The van der Waals surface area contributed by atoms with Crippen LogP contribution in [0.4, 0.5) is 5.69 Å². The van der Waals surface area contributed by atoms with Crippen LogP contribution >= 0.6 is 11.6 Å². The van der Waals surface area contributed by atoms with Gasteiger partial charge < -0.3 is 26.0 Å². The number of guanidine groups is 2. The number of nitrogens with one attached hydrogen (secondary N) is 2. The van der Waals surface area contributed by atoms with Crippen molar-refractivity contribution < 1.29 is 5.11 Å². The highest BCUT2D eigenvalue weighted by Crippen LogP contribution is 2.26. The number of anilines is 1. The van der Waals surface area contributed by atoms with Gasteiger partial charge in [-0.15, -0.1) is 0 Å². The standard InChI is InChI=1S/C23H38ClN7O/c1-30-13-11-19(12-14-30)31(2)22(25)29-23(28-18-9-10-21(32)20(24)15-18)27-16-26-17-7-5-3-4-6-8-17/h9-10,15,17,19,26,32H,3-8,11-14,16H2,1-2H3,(H3,25,27,28,29). The Labute approximate surface area is 196 Å². The normalized spacial score (nSPS) is 20.2. The van der Waals surface area contributed by atoms with Crippen LogP contribution in [-0.4, -0.2) is 72.8 Å². The van der Waals surface area contributed by atoms with Crippen LogP contribution in [-0.2, 0) is 0 Å². The smallest absolute Gasteiger partial charge is 0.227 e. The van der Waals surface area contributed by atoms with Crippen molar-refractivity contribution in [3.8, 4) is 5.75 Å². The molecule has 0 amide bonds. The number of phenolic OH excluding ortho intramolecular Hbond substituents is 1. The molecule has 1 aliphatic carbocycles. The molecule has 0 bridgehead atoms. The molecule has 0 atom stereocenters. The molecule has 8 nitrogen and oxygen atoms in total. The molecule has 178 valence electrons. The molecule has 9 heteroatoms. The zero-order valence-electron chi connectivity index (χ0n) is 19.4. The van der Waals surface area contributed by atoms with Gasteiger partial charge in [-0.3, -0.25) is 5.32 Å². The van der Waals surface area contributed by atoms with Crippen molar-refractivity contribution >= 4 is 29.2 Å². The Morgan fingerprint density at radius 2 is 1.88 bits per heavy atom. The van der Waals surface area contributed by atoms with Crippen molar-refractivity contribution in [1.29, 1.82) is 0 Å². The van der Waals surface area contributed by atoms with Crippen molar-refractivity contribution in [3.63, 3.8) is 0 Å². The number of aromatic hydroxyl groups is 1. The molecular weight excluding hydrogens is 426 g/mol. The molecule has 1 aromatic carbocycles. The van der Waals surface area contributed by atoms with E-state index in [0.29, 0.717) is 36.4 Å². The van der Waals surface area contributed by atoms with Gasteiger partial charge in [0.05, 0.1) is 11.7 Å². The number of hydrogen-bond acceptors (Lipinski definition) is 4. The van der Waals surface area contributed by atoms with E-state index in [9.17, 15) is 5.11 Å². The van der Waals surface area contributed by atoms with Gasteiger partial charge >= 0.3 is 0 Å². The molecule has 0 radical (unpaired) electrons. The van der Waals surface area contributed by atoms with Gasteiger partial charge in [0, 0.05) is 24.8 Å². The highest BCUT2D eigenvalue weighted by atomic mass is 35.5. The lowest BCUT2D eigenvalue weighted by molar-refractivity contribution is 0.191. The van der Waals surface area contributed by atoms with Gasteiger partial charge in [-0.25, -0.2) is 4.99 Å². The van der Waals surface area contributed by atoms with Gasteiger partial charge in [-0.05, 0) is 64.0 Å². The number of nitrogens with two attached hydrogens (primary N) is 1. The van der Waals surface area contributed by atoms with E-state index >= 15 is 0 Å². The van der Waals surface area contributed by atoms with Crippen LogP contribution in [0.2, 0.25) is 5.02 Å². The highest BCUT2D eigenvalue weighted by Gasteiger charge is 2.22. The third-order valence-corrected chi connectivity index (χ3v) is 6.79. The average Bonchev–Trinajstić information content (AvgIpc) is 3.05. The summed E-state index contributed by atoms with van der Waals surface area (Å²) in [6.07, 6.45) is 9.67. The third-order valence-electron chi connectivity index (χ3n) is 6.49. The number of likely N-dealkylation sites (tertiary alicyclic amines) is 1. The summed E-state index contributed by atoms with van der Waals surface area (Å²) in [5.74, 6) is 0.894. The fourth-order valence-electron chi connectivity index (χ4n) is 4.31. The van der Waals surface area contributed by atoms with E-state index in [0.717, 1.165) is 25.9 Å². The van der Waals surface area contributed by atoms with Crippen molar-refractivity contribution in [2.45, 2.75) is 63.5 Å². The topological polar surface area (TPSA) is 102 Å². The number of phenols is 1. The lowest BCUT2D eigenvalue weighted by Crippen LogP contribution is -2.47. The monoisotopic (exact) mass is 463 g/mol. The summed E-state index contributed by atoms with van der Waals surface area (Å²) in [6, 6.07) is 5.79. The number of aliphatic imine (C=N–C) groups is 2. The minimum atomic E-state index is 0.0377. The summed E-state index contributed by atoms with van der Waals surface area (Å²) in [6.45, 7) is 2.57. The van der Waals surface area contributed by atoms with Crippen LogP contribution in [0.15, 0.2) is 28.2 Å². The second kappa shape index (κ2) is 12.3. The van der Waals surface area contributed by atoms with Gasteiger partial charge in [0.15, 0.2) is 5.96 Å². The van der Waals surface area contributed by atoms with E-state index in [-0.39, 0.29) is 10.8 Å². The van der Waals surface area contributed by atoms with Crippen molar-refractivity contribution in [2.24, 2.45) is 15.7 Å². The first-order valence-electron chi connectivity index (χ1n) is 11.7. The number of nitrogens with zero attached hydrogens (tertiary/aromatic N) is 4. The maximum Gasteiger partial charge on any atom is 0.227 e. The van der Waals surface area contributed by atoms with E-state index < -0.39 is 0 Å². The molecule has 0 spiro atoms. The largest absolute Gasteiger partial charge is 0.506 e. The second-order valence-electron chi connectivity index (χ2n) is 8.94. The van der Waals surface area contributed by atoms with E-state index in [2.05, 4.69) is 32.6 Å². The third kappa shape index (κ3) is 7.53. The quantitative estimate of drug-likeness (QED) is 0.231. The zero-order chi connectivity index (χ0) is 22.9. The summed E-state index contributed by atoms with van der Waals surface area (Å²) in [7, 11) is 4.14. The fraction of sp³-hybridized carbons (Fsp3) is 0.652. The molecule has 2 aliphatic rings. The fourth-order valence-corrected chi connectivity index (χ4v) is 4.49. The number of benzene rings is 1. The Morgan fingerprint density at radius 1 is 1.19 bits per heavy atom. The maximum absolute atomic E-state index is 9.71. The van der Waals surface area contributed by atoms with E-state index in [1.54, 1.807) is 18.2 Å². The predicted octanol–water partition coefficient (Wildman–Crippen LogP) is 3.42. The summed E-state index contributed by atoms with van der Waals surface area (Å²) in [4.78, 5) is 13.7.